The molecule has 0 radical (unpaired) electrons. The van der Waals surface area contributed by atoms with E-state index in [-0.39, 0.29) is 5.56 Å². The van der Waals surface area contributed by atoms with Gasteiger partial charge in [0.15, 0.2) is 0 Å². The van der Waals surface area contributed by atoms with Crippen LogP contribution in [0.15, 0.2) is 34.7 Å². The van der Waals surface area contributed by atoms with E-state index in [4.69, 9.17) is 9.52 Å². The minimum absolute atomic E-state index is 0.180. The van der Waals surface area contributed by atoms with Crippen molar-refractivity contribution in [3.8, 4) is 0 Å². The van der Waals surface area contributed by atoms with Gasteiger partial charge in [-0.15, -0.1) is 5.10 Å². The summed E-state index contributed by atoms with van der Waals surface area (Å²) in [5.74, 6) is -0.0478. The van der Waals surface area contributed by atoms with Crippen molar-refractivity contribution in [1.29, 1.82) is 0 Å². The number of rotatable bonds is 3. The van der Waals surface area contributed by atoms with Gasteiger partial charge in [-0.05, 0) is 25.1 Å². The molecule has 0 amide bonds. The molecule has 0 fully saturated rings. The Hall–Kier alpha value is -2.63. The fraction of sp³-hybridized carbons (Fsp3) is 0.154. The monoisotopic (exact) mass is 257 g/mol. The maximum Gasteiger partial charge on any atom is 0.339 e. The molecule has 2 aromatic heterocycles. The van der Waals surface area contributed by atoms with Gasteiger partial charge in [-0.25, -0.2) is 9.48 Å². The largest absolute Gasteiger partial charge is 0.478 e. The maximum atomic E-state index is 11.0. The van der Waals surface area contributed by atoms with Crippen LogP contribution in [0.25, 0.3) is 11.0 Å². The van der Waals surface area contributed by atoms with Crippen molar-refractivity contribution < 1.29 is 14.3 Å². The third-order valence-corrected chi connectivity index (χ3v) is 2.93. The molecule has 3 rings (SSSR count). The molecule has 1 N–H and O–H groups in total. The topological polar surface area (TPSA) is 81.2 Å². The van der Waals surface area contributed by atoms with Crippen molar-refractivity contribution in [3.63, 3.8) is 0 Å². The van der Waals surface area contributed by atoms with E-state index in [1.54, 1.807) is 11.6 Å². The Morgan fingerprint density at radius 1 is 1.42 bits per heavy atom. The molecule has 96 valence electrons. The van der Waals surface area contributed by atoms with Crippen molar-refractivity contribution >= 4 is 17.0 Å². The summed E-state index contributed by atoms with van der Waals surface area (Å²) in [6.07, 6.45) is 0. The van der Waals surface area contributed by atoms with Crippen LogP contribution in [0.1, 0.15) is 21.9 Å². The van der Waals surface area contributed by atoms with Crippen LogP contribution in [0, 0.1) is 6.92 Å². The van der Waals surface area contributed by atoms with Crippen molar-refractivity contribution in [3.05, 3.63) is 47.4 Å². The summed E-state index contributed by atoms with van der Waals surface area (Å²) < 4.78 is 7.11. The third-order valence-electron chi connectivity index (χ3n) is 2.93. The van der Waals surface area contributed by atoms with Crippen molar-refractivity contribution in [1.82, 2.24) is 15.0 Å². The summed E-state index contributed by atoms with van der Waals surface area (Å²) in [4.78, 5) is 11.0. The highest BCUT2D eigenvalue weighted by Crippen LogP contribution is 2.17. The van der Waals surface area contributed by atoms with Crippen molar-refractivity contribution in [2.75, 3.05) is 0 Å². The minimum Gasteiger partial charge on any atom is -0.478 e. The Morgan fingerprint density at radius 2 is 2.21 bits per heavy atom. The van der Waals surface area contributed by atoms with Gasteiger partial charge < -0.3 is 9.52 Å². The zero-order valence-electron chi connectivity index (χ0n) is 10.2. The van der Waals surface area contributed by atoms with E-state index in [2.05, 4.69) is 10.3 Å². The van der Waals surface area contributed by atoms with Gasteiger partial charge >= 0.3 is 5.97 Å². The lowest BCUT2D eigenvalue weighted by Crippen LogP contribution is -2.01. The molecule has 0 saturated heterocycles. The zero-order valence-corrected chi connectivity index (χ0v) is 10.2. The second-order valence-electron chi connectivity index (χ2n) is 4.22. The number of fused-ring (bicyclic) bond motifs is 1. The number of carboxylic acid groups (broad SMARTS) is 1. The number of para-hydroxylation sites is 1. The summed E-state index contributed by atoms with van der Waals surface area (Å²) in [6, 6.07) is 9.09. The fourth-order valence-corrected chi connectivity index (χ4v) is 2.02. The van der Waals surface area contributed by atoms with E-state index < -0.39 is 5.97 Å². The van der Waals surface area contributed by atoms with Gasteiger partial charge in [-0.3, -0.25) is 0 Å². The molecular weight excluding hydrogens is 246 g/mol. The van der Waals surface area contributed by atoms with E-state index in [0.717, 1.165) is 11.0 Å². The number of hydrogen-bond donors (Lipinski definition) is 1. The standard InChI is InChI=1S/C13H11N3O3/c1-8-10(13(17)18)6-9(19-8)7-16-12-5-3-2-4-11(12)14-15-16/h2-6H,7H2,1H3,(H,17,18). The van der Waals surface area contributed by atoms with Crippen molar-refractivity contribution in [2.24, 2.45) is 0 Å². The maximum absolute atomic E-state index is 11.0. The number of aryl methyl sites for hydroxylation is 1. The lowest BCUT2D eigenvalue weighted by atomic mass is 10.2. The molecule has 3 aromatic rings. The van der Waals surface area contributed by atoms with Gasteiger partial charge in [-0.2, -0.15) is 0 Å². The number of aromatic nitrogens is 3. The lowest BCUT2D eigenvalue weighted by Gasteiger charge is -1.98. The van der Waals surface area contributed by atoms with Crippen LogP contribution >= 0.6 is 0 Å². The molecule has 0 aliphatic carbocycles. The zero-order chi connectivity index (χ0) is 13.4. The van der Waals surface area contributed by atoms with Crippen LogP contribution in [-0.2, 0) is 6.54 Å². The molecular formula is C13H11N3O3. The predicted molar refractivity (Wildman–Crippen MR) is 67.0 cm³/mol. The number of hydrogen-bond acceptors (Lipinski definition) is 4. The third kappa shape index (κ3) is 1.97. The SMILES string of the molecule is Cc1oc(Cn2nnc3ccccc32)cc1C(=O)O. The molecule has 0 atom stereocenters. The van der Waals surface area contributed by atoms with Crippen LogP contribution in [0.4, 0.5) is 0 Å². The van der Waals surface area contributed by atoms with Crippen LogP contribution in [0.3, 0.4) is 0 Å². The first kappa shape index (κ1) is 11.5. The molecule has 0 unspecified atom stereocenters. The van der Waals surface area contributed by atoms with Gasteiger partial charge in [0.1, 0.15) is 29.1 Å². The number of benzene rings is 1. The predicted octanol–water partition coefficient (Wildman–Crippen LogP) is 2.08. The van der Waals surface area contributed by atoms with Crippen molar-refractivity contribution in [2.45, 2.75) is 13.5 Å². The average Bonchev–Trinajstić information content (AvgIpc) is 2.95. The van der Waals surface area contributed by atoms with Gasteiger partial charge in [0.2, 0.25) is 0 Å². The first-order valence-corrected chi connectivity index (χ1v) is 5.76. The normalized spacial score (nSPS) is 11.0. The van der Waals surface area contributed by atoms with Gasteiger partial charge in [-0.1, -0.05) is 17.3 Å². The lowest BCUT2D eigenvalue weighted by molar-refractivity contribution is 0.0695. The molecule has 0 aliphatic rings. The Bertz CT molecular complexity index is 757. The molecule has 2 heterocycles. The molecule has 0 bridgehead atoms. The molecule has 1 aromatic carbocycles. The minimum atomic E-state index is -0.990. The van der Waals surface area contributed by atoms with Crippen LogP contribution in [0.2, 0.25) is 0 Å². The summed E-state index contributed by atoms with van der Waals surface area (Å²) in [5.41, 5.74) is 1.86. The van der Waals surface area contributed by atoms with Crippen LogP contribution in [-0.4, -0.2) is 26.1 Å². The van der Waals surface area contributed by atoms with E-state index in [9.17, 15) is 4.79 Å². The molecule has 0 spiro atoms. The molecule has 6 heteroatoms. The van der Waals surface area contributed by atoms with E-state index in [1.165, 1.54) is 6.07 Å². The van der Waals surface area contributed by atoms with Gasteiger partial charge in [0.05, 0.1) is 5.52 Å². The fourth-order valence-electron chi connectivity index (χ4n) is 2.02. The highest BCUT2D eigenvalue weighted by molar-refractivity contribution is 5.88. The molecule has 19 heavy (non-hydrogen) atoms. The quantitative estimate of drug-likeness (QED) is 0.776. The summed E-state index contributed by atoms with van der Waals surface area (Å²) in [6.45, 7) is 1.99. The number of aromatic carboxylic acids is 1. The number of nitrogens with zero attached hydrogens (tertiary/aromatic N) is 3. The van der Waals surface area contributed by atoms with E-state index in [1.807, 2.05) is 24.3 Å². The van der Waals surface area contributed by atoms with Crippen LogP contribution in [0.5, 0.6) is 0 Å². The Kier molecular flexibility index (Phi) is 2.56. The van der Waals surface area contributed by atoms with Crippen LogP contribution < -0.4 is 0 Å². The number of furan rings is 1. The highest BCUT2D eigenvalue weighted by atomic mass is 16.4. The highest BCUT2D eigenvalue weighted by Gasteiger charge is 2.14. The first-order chi connectivity index (χ1) is 9.15. The summed E-state index contributed by atoms with van der Waals surface area (Å²) in [5, 5.41) is 17.0. The van der Waals surface area contributed by atoms with Gasteiger partial charge in [0.25, 0.3) is 0 Å². The molecule has 6 nitrogen and oxygen atoms in total. The smallest absolute Gasteiger partial charge is 0.339 e. The Morgan fingerprint density at radius 3 is 2.95 bits per heavy atom. The van der Waals surface area contributed by atoms with E-state index >= 15 is 0 Å². The summed E-state index contributed by atoms with van der Waals surface area (Å²) in [7, 11) is 0. The second-order valence-corrected chi connectivity index (χ2v) is 4.22. The average molecular weight is 257 g/mol. The van der Waals surface area contributed by atoms with E-state index in [0.29, 0.717) is 18.1 Å². The Balaban J connectivity index is 1.97. The summed E-state index contributed by atoms with van der Waals surface area (Å²) >= 11 is 0. The molecule has 0 saturated carbocycles. The number of carbonyl (C=O) groups is 1. The second kappa shape index (κ2) is 4.24. The Labute approximate surface area is 108 Å². The van der Waals surface area contributed by atoms with Gasteiger partial charge in [0, 0.05) is 0 Å². The number of carboxylic acids is 1. The molecule has 0 aliphatic heterocycles. The first-order valence-electron chi connectivity index (χ1n) is 5.76.